The number of fused-ring (bicyclic) bond motifs is 1. The number of aryl methyl sites for hydroxylation is 1. The highest BCUT2D eigenvalue weighted by Crippen LogP contribution is 2.19. The summed E-state index contributed by atoms with van der Waals surface area (Å²) in [6, 6.07) is 8.21. The van der Waals surface area contributed by atoms with Gasteiger partial charge in [-0.3, -0.25) is 4.79 Å². The minimum atomic E-state index is -0.0721. The summed E-state index contributed by atoms with van der Waals surface area (Å²) in [5.41, 5.74) is 2.28. The van der Waals surface area contributed by atoms with Crippen LogP contribution in [0.1, 0.15) is 25.3 Å². The first-order valence-electron chi connectivity index (χ1n) is 7.23. The Morgan fingerprint density at radius 1 is 1.40 bits per heavy atom. The van der Waals surface area contributed by atoms with Gasteiger partial charge in [0.2, 0.25) is 5.91 Å². The van der Waals surface area contributed by atoms with Crippen LogP contribution in [0.25, 0.3) is 10.9 Å². The number of aromatic amines is 1. The molecule has 20 heavy (non-hydrogen) atoms. The fourth-order valence-electron chi connectivity index (χ4n) is 2.91. The molecule has 1 amide bonds. The number of amides is 1. The molecule has 1 saturated heterocycles. The van der Waals surface area contributed by atoms with E-state index in [0.717, 1.165) is 31.4 Å². The van der Waals surface area contributed by atoms with E-state index in [1.165, 1.54) is 10.9 Å². The van der Waals surface area contributed by atoms with E-state index in [0.29, 0.717) is 6.42 Å². The molecule has 0 aliphatic carbocycles. The van der Waals surface area contributed by atoms with Crippen molar-refractivity contribution in [3.63, 3.8) is 0 Å². The van der Waals surface area contributed by atoms with Crippen LogP contribution in [-0.4, -0.2) is 29.5 Å². The maximum Gasteiger partial charge on any atom is 0.220 e. The van der Waals surface area contributed by atoms with Gasteiger partial charge in [-0.2, -0.15) is 0 Å². The van der Waals surface area contributed by atoms with Crippen LogP contribution in [0.5, 0.6) is 0 Å². The fraction of sp³-hybridized carbons (Fsp3) is 0.438. The first-order valence-corrected chi connectivity index (χ1v) is 7.23. The molecule has 1 aliphatic heterocycles. The second-order valence-corrected chi connectivity index (χ2v) is 5.90. The van der Waals surface area contributed by atoms with Crippen LogP contribution >= 0.6 is 0 Å². The van der Waals surface area contributed by atoms with Gasteiger partial charge in [-0.25, -0.2) is 0 Å². The lowest BCUT2D eigenvalue weighted by atomic mass is 10.0. The highest BCUT2D eigenvalue weighted by atomic mass is 16.1. The monoisotopic (exact) mass is 271 g/mol. The Bertz CT molecular complexity index is 611. The third-order valence-electron chi connectivity index (χ3n) is 4.11. The second kappa shape index (κ2) is 5.29. The molecule has 2 heterocycles. The number of para-hydroxylation sites is 1. The summed E-state index contributed by atoms with van der Waals surface area (Å²) in [4.78, 5) is 15.3. The standard InChI is InChI=1S/C16H21N3O/c1-16(8-9-17-11-16)19-15(20)7-6-12-10-18-14-5-3-2-4-13(12)14/h2-5,10,17-18H,6-9,11H2,1H3,(H,19,20). The molecule has 1 aromatic heterocycles. The van der Waals surface area contributed by atoms with Crippen LogP contribution in [-0.2, 0) is 11.2 Å². The lowest BCUT2D eigenvalue weighted by Crippen LogP contribution is -2.47. The molecule has 4 nitrogen and oxygen atoms in total. The Morgan fingerprint density at radius 3 is 3.05 bits per heavy atom. The van der Waals surface area contributed by atoms with Gasteiger partial charge in [-0.05, 0) is 37.9 Å². The molecular formula is C16H21N3O. The molecule has 4 heteroatoms. The lowest BCUT2D eigenvalue weighted by molar-refractivity contribution is -0.122. The molecule has 0 radical (unpaired) electrons. The molecule has 1 aromatic carbocycles. The van der Waals surface area contributed by atoms with E-state index in [9.17, 15) is 4.79 Å². The quantitative estimate of drug-likeness (QED) is 0.796. The third-order valence-corrected chi connectivity index (χ3v) is 4.11. The molecule has 1 atom stereocenters. The predicted octanol–water partition coefficient (Wildman–Crippen LogP) is 1.97. The van der Waals surface area contributed by atoms with Crippen molar-refractivity contribution in [3.05, 3.63) is 36.0 Å². The first-order chi connectivity index (χ1) is 9.66. The molecule has 1 fully saturated rings. The Hall–Kier alpha value is -1.81. The summed E-state index contributed by atoms with van der Waals surface area (Å²) in [5.74, 6) is 0.140. The zero-order valence-corrected chi connectivity index (χ0v) is 11.8. The van der Waals surface area contributed by atoms with E-state index in [2.05, 4.69) is 34.7 Å². The predicted molar refractivity (Wildman–Crippen MR) is 80.7 cm³/mol. The molecule has 1 aliphatic rings. The first kappa shape index (κ1) is 13.2. The molecule has 3 N–H and O–H groups in total. The molecule has 0 spiro atoms. The number of rotatable bonds is 4. The summed E-state index contributed by atoms with van der Waals surface area (Å²) in [6.45, 7) is 3.96. The fourth-order valence-corrected chi connectivity index (χ4v) is 2.91. The van der Waals surface area contributed by atoms with E-state index in [4.69, 9.17) is 0 Å². The van der Waals surface area contributed by atoms with Gasteiger partial charge in [-0.15, -0.1) is 0 Å². The van der Waals surface area contributed by atoms with Crippen molar-refractivity contribution in [1.29, 1.82) is 0 Å². The maximum atomic E-state index is 12.1. The van der Waals surface area contributed by atoms with Crippen molar-refractivity contribution in [1.82, 2.24) is 15.6 Å². The van der Waals surface area contributed by atoms with Gasteiger partial charge >= 0.3 is 0 Å². The topological polar surface area (TPSA) is 56.9 Å². The van der Waals surface area contributed by atoms with E-state index in [1.807, 2.05) is 18.3 Å². The van der Waals surface area contributed by atoms with Gasteiger partial charge in [-0.1, -0.05) is 18.2 Å². The van der Waals surface area contributed by atoms with Crippen LogP contribution in [0.3, 0.4) is 0 Å². The minimum absolute atomic E-state index is 0.0721. The lowest BCUT2D eigenvalue weighted by Gasteiger charge is -2.24. The number of H-pyrrole nitrogens is 1. The van der Waals surface area contributed by atoms with Gasteiger partial charge < -0.3 is 15.6 Å². The average molecular weight is 271 g/mol. The van der Waals surface area contributed by atoms with Crippen LogP contribution in [0.2, 0.25) is 0 Å². The van der Waals surface area contributed by atoms with E-state index >= 15 is 0 Å². The Balaban J connectivity index is 1.60. The number of carbonyl (C=O) groups is 1. The van der Waals surface area contributed by atoms with E-state index < -0.39 is 0 Å². The average Bonchev–Trinajstić information content (AvgIpc) is 3.03. The van der Waals surface area contributed by atoms with Crippen molar-refractivity contribution < 1.29 is 4.79 Å². The molecule has 3 rings (SSSR count). The van der Waals surface area contributed by atoms with Gasteiger partial charge in [0.25, 0.3) is 0 Å². The Labute approximate surface area is 118 Å². The van der Waals surface area contributed by atoms with Crippen molar-refractivity contribution >= 4 is 16.8 Å². The summed E-state index contributed by atoms with van der Waals surface area (Å²) in [5, 5.41) is 7.66. The molecule has 0 bridgehead atoms. The summed E-state index contributed by atoms with van der Waals surface area (Å²) < 4.78 is 0. The summed E-state index contributed by atoms with van der Waals surface area (Å²) >= 11 is 0. The zero-order chi connectivity index (χ0) is 14.0. The van der Waals surface area contributed by atoms with E-state index in [1.54, 1.807) is 0 Å². The van der Waals surface area contributed by atoms with Crippen LogP contribution in [0.4, 0.5) is 0 Å². The molecule has 2 aromatic rings. The second-order valence-electron chi connectivity index (χ2n) is 5.90. The van der Waals surface area contributed by atoms with Gasteiger partial charge in [0.1, 0.15) is 0 Å². The number of hydrogen-bond acceptors (Lipinski definition) is 2. The van der Waals surface area contributed by atoms with Crippen molar-refractivity contribution in [3.8, 4) is 0 Å². The van der Waals surface area contributed by atoms with Crippen molar-refractivity contribution in [2.45, 2.75) is 31.7 Å². The summed E-state index contributed by atoms with van der Waals surface area (Å²) in [7, 11) is 0. The minimum Gasteiger partial charge on any atom is -0.361 e. The van der Waals surface area contributed by atoms with Crippen molar-refractivity contribution in [2.24, 2.45) is 0 Å². The number of benzene rings is 1. The Morgan fingerprint density at radius 2 is 2.25 bits per heavy atom. The SMILES string of the molecule is CC1(NC(=O)CCc2c[nH]c3ccccc23)CCNC1. The molecule has 0 saturated carbocycles. The smallest absolute Gasteiger partial charge is 0.220 e. The van der Waals surface area contributed by atoms with Crippen LogP contribution < -0.4 is 10.6 Å². The number of aromatic nitrogens is 1. The number of carbonyl (C=O) groups excluding carboxylic acids is 1. The largest absolute Gasteiger partial charge is 0.361 e. The summed E-state index contributed by atoms with van der Waals surface area (Å²) in [6.07, 6.45) is 4.33. The number of nitrogens with one attached hydrogen (secondary N) is 3. The number of hydrogen-bond donors (Lipinski definition) is 3. The third kappa shape index (κ3) is 2.70. The molecule has 1 unspecified atom stereocenters. The zero-order valence-electron chi connectivity index (χ0n) is 11.8. The normalized spacial score (nSPS) is 22.2. The Kier molecular flexibility index (Phi) is 3.49. The van der Waals surface area contributed by atoms with Gasteiger partial charge in [0, 0.05) is 30.1 Å². The van der Waals surface area contributed by atoms with Gasteiger partial charge in [0.05, 0.1) is 5.54 Å². The van der Waals surface area contributed by atoms with Crippen LogP contribution in [0.15, 0.2) is 30.5 Å². The molecular weight excluding hydrogens is 250 g/mol. The van der Waals surface area contributed by atoms with Crippen molar-refractivity contribution in [2.75, 3.05) is 13.1 Å². The van der Waals surface area contributed by atoms with Crippen LogP contribution in [0, 0.1) is 0 Å². The van der Waals surface area contributed by atoms with E-state index in [-0.39, 0.29) is 11.4 Å². The van der Waals surface area contributed by atoms with Gasteiger partial charge in [0.15, 0.2) is 0 Å². The molecule has 106 valence electrons. The highest BCUT2D eigenvalue weighted by molar-refractivity contribution is 5.84. The maximum absolute atomic E-state index is 12.1. The highest BCUT2D eigenvalue weighted by Gasteiger charge is 2.29.